The SMILES string of the molecule is O=c1c(S(=O)(=O)c2ccc(F)cc2F)cc2cnc(Nc3ccc4[nH]ccc4c3)nc2n1CC1CCCC1. The molecule has 0 aliphatic heterocycles. The number of aromatic nitrogens is 4. The molecule has 11 heteroatoms. The highest BCUT2D eigenvalue weighted by Gasteiger charge is 2.29. The fourth-order valence-corrected chi connectivity index (χ4v) is 6.50. The zero-order chi connectivity index (χ0) is 26.4. The van der Waals surface area contributed by atoms with Crippen LogP contribution in [0.4, 0.5) is 20.4 Å². The second-order valence-electron chi connectivity index (χ2n) is 9.53. The molecule has 3 aromatic heterocycles. The number of rotatable bonds is 6. The lowest BCUT2D eigenvalue weighted by atomic mass is 10.1. The van der Waals surface area contributed by atoms with Crippen molar-refractivity contribution in [3.8, 4) is 0 Å². The van der Waals surface area contributed by atoms with Crippen molar-refractivity contribution in [2.45, 2.75) is 42.0 Å². The minimum absolute atomic E-state index is 0.179. The van der Waals surface area contributed by atoms with Gasteiger partial charge < -0.3 is 10.3 Å². The number of hydrogen-bond acceptors (Lipinski definition) is 6. The van der Waals surface area contributed by atoms with Crippen LogP contribution in [0.1, 0.15) is 25.7 Å². The number of anilines is 2. The van der Waals surface area contributed by atoms with E-state index >= 15 is 0 Å². The lowest BCUT2D eigenvalue weighted by Gasteiger charge is -2.17. The van der Waals surface area contributed by atoms with Crippen molar-refractivity contribution in [1.29, 1.82) is 0 Å². The smallest absolute Gasteiger partial charge is 0.271 e. The van der Waals surface area contributed by atoms with Gasteiger partial charge in [-0.3, -0.25) is 9.36 Å². The molecule has 0 spiro atoms. The first kappa shape index (κ1) is 24.2. The Balaban J connectivity index is 1.48. The van der Waals surface area contributed by atoms with Crippen LogP contribution in [0, 0.1) is 17.6 Å². The molecular weight excluding hydrogens is 512 g/mol. The maximum atomic E-state index is 14.5. The van der Waals surface area contributed by atoms with Crippen molar-refractivity contribution in [2.75, 3.05) is 5.32 Å². The van der Waals surface area contributed by atoms with Gasteiger partial charge in [0.05, 0.1) is 0 Å². The molecule has 2 N–H and O–H groups in total. The van der Waals surface area contributed by atoms with E-state index in [0.29, 0.717) is 11.5 Å². The third kappa shape index (κ3) is 4.32. The van der Waals surface area contributed by atoms with Crippen molar-refractivity contribution < 1.29 is 17.2 Å². The molecule has 38 heavy (non-hydrogen) atoms. The number of hydrogen-bond donors (Lipinski definition) is 2. The Morgan fingerprint density at radius 3 is 2.61 bits per heavy atom. The second kappa shape index (κ2) is 9.32. The summed E-state index contributed by atoms with van der Waals surface area (Å²) >= 11 is 0. The monoisotopic (exact) mass is 535 g/mol. The summed E-state index contributed by atoms with van der Waals surface area (Å²) in [6, 6.07) is 11.0. The van der Waals surface area contributed by atoms with Gasteiger partial charge in [-0.25, -0.2) is 22.2 Å². The Morgan fingerprint density at radius 1 is 1.00 bits per heavy atom. The number of benzene rings is 2. The van der Waals surface area contributed by atoms with Crippen LogP contribution >= 0.6 is 0 Å². The predicted octanol–water partition coefficient (Wildman–Crippen LogP) is 5.32. The van der Waals surface area contributed by atoms with E-state index < -0.39 is 36.8 Å². The van der Waals surface area contributed by atoms with Gasteiger partial charge in [0.1, 0.15) is 27.1 Å². The van der Waals surface area contributed by atoms with Gasteiger partial charge >= 0.3 is 0 Å². The van der Waals surface area contributed by atoms with Crippen molar-refractivity contribution in [2.24, 2.45) is 5.92 Å². The van der Waals surface area contributed by atoms with Gasteiger partial charge in [-0.2, -0.15) is 4.98 Å². The molecular formula is C27H23F2N5O3S. The second-order valence-corrected chi connectivity index (χ2v) is 11.4. The molecule has 1 saturated carbocycles. The Bertz CT molecular complexity index is 1860. The molecule has 3 heterocycles. The van der Waals surface area contributed by atoms with Crippen molar-refractivity contribution in [1.82, 2.24) is 19.5 Å². The molecule has 2 aromatic carbocycles. The van der Waals surface area contributed by atoms with E-state index in [0.717, 1.165) is 60.5 Å². The van der Waals surface area contributed by atoms with Crippen LogP contribution in [0.25, 0.3) is 21.9 Å². The van der Waals surface area contributed by atoms with Crippen LogP contribution in [-0.2, 0) is 16.4 Å². The van der Waals surface area contributed by atoms with Crippen LogP contribution in [0.15, 0.2) is 75.5 Å². The number of nitrogens with one attached hydrogen (secondary N) is 2. The van der Waals surface area contributed by atoms with Crippen LogP contribution in [0.3, 0.4) is 0 Å². The van der Waals surface area contributed by atoms with E-state index in [1.165, 1.54) is 10.8 Å². The fraction of sp³-hybridized carbons (Fsp3) is 0.222. The number of pyridine rings is 1. The summed E-state index contributed by atoms with van der Waals surface area (Å²) < 4.78 is 56.0. The van der Waals surface area contributed by atoms with Gasteiger partial charge in [-0.1, -0.05) is 12.8 Å². The van der Waals surface area contributed by atoms with Gasteiger partial charge in [0.2, 0.25) is 15.8 Å². The third-order valence-electron chi connectivity index (χ3n) is 6.99. The zero-order valence-electron chi connectivity index (χ0n) is 20.1. The average Bonchev–Trinajstić information content (AvgIpc) is 3.57. The molecule has 0 saturated heterocycles. The molecule has 5 aromatic rings. The van der Waals surface area contributed by atoms with Gasteiger partial charge in [-0.15, -0.1) is 0 Å². The van der Waals surface area contributed by atoms with Gasteiger partial charge in [0, 0.05) is 47.0 Å². The van der Waals surface area contributed by atoms with Crippen LogP contribution in [-0.4, -0.2) is 27.9 Å². The number of aromatic amines is 1. The number of H-pyrrole nitrogens is 1. The van der Waals surface area contributed by atoms with Gasteiger partial charge in [-0.05, 0) is 61.2 Å². The Morgan fingerprint density at radius 2 is 1.82 bits per heavy atom. The summed E-state index contributed by atoms with van der Waals surface area (Å²) in [6.45, 7) is 0.274. The van der Waals surface area contributed by atoms with Crippen molar-refractivity contribution >= 4 is 43.4 Å². The number of fused-ring (bicyclic) bond motifs is 2. The molecule has 0 atom stereocenters. The maximum Gasteiger partial charge on any atom is 0.271 e. The standard InChI is InChI=1S/C27H23F2N5O3S/c28-19-5-8-23(21(29)13-19)38(36,37)24-12-18-14-31-27(32-20-6-7-22-17(11-20)9-10-30-22)33-25(18)34(26(24)35)15-16-3-1-2-4-16/h5-14,16,30H,1-4,15H2,(H,31,32,33). The van der Waals surface area contributed by atoms with Gasteiger partial charge in [0.15, 0.2) is 0 Å². The molecule has 194 valence electrons. The molecule has 0 radical (unpaired) electrons. The molecule has 0 unspecified atom stereocenters. The zero-order valence-corrected chi connectivity index (χ0v) is 20.9. The fourth-order valence-electron chi connectivity index (χ4n) is 5.08. The summed E-state index contributed by atoms with van der Waals surface area (Å²) in [5.74, 6) is -1.75. The van der Waals surface area contributed by atoms with E-state index in [9.17, 15) is 22.0 Å². The molecule has 0 bridgehead atoms. The topological polar surface area (TPSA) is 110 Å². The van der Waals surface area contributed by atoms with Gasteiger partial charge in [0.25, 0.3) is 5.56 Å². The van der Waals surface area contributed by atoms with Crippen molar-refractivity contribution in [3.05, 3.63) is 82.9 Å². The van der Waals surface area contributed by atoms with E-state index in [4.69, 9.17) is 0 Å². The molecule has 1 fully saturated rings. The summed E-state index contributed by atoms with van der Waals surface area (Å²) in [5, 5.41) is 4.46. The Labute approximate surface area is 216 Å². The maximum absolute atomic E-state index is 14.5. The summed E-state index contributed by atoms with van der Waals surface area (Å²) in [4.78, 5) is 24.3. The highest BCUT2D eigenvalue weighted by atomic mass is 32.2. The normalized spacial score (nSPS) is 14.5. The quantitative estimate of drug-likeness (QED) is 0.285. The number of sulfone groups is 1. The molecule has 0 amide bonds. The van der Waals surface area contributed by atoms with Crippen LogP contribution in [0.2, 0.25) is 0 Å². The first-order valence-electron chi connectivity index (χ1n) is 12.2. The highest BCUT2D eigenvalue weighted by molar-refractivity contribution is 7.91. The van der Waals surface area contributed by atoms with E-state index in [1.807, 2.05) is 30.5 Å². The number of nitrogens with zero attached hydrogens (tertiary/aromatic N) is 3. The minimum atomic E-state index is -4.59. The molecule has 1 aliphatic carbocycles. The van der Waals surface area contributed by atoms with Crippen molar-refractivity contribution in [3.63, 3.8) is 0 Å². The van der Waals surface area contributed by atoms with E-state index in [1.54, 1.807) is 0 Å². The lowest BCUT2D eigenvalue weighted by Crippen LogP contribution is -2.29. The minimum Gasteiger partial charge on any atom is -0.361 e. The first-order valence-corrected chi connectivity index (χ1v) is 13.7. The third-order valence-corrected chi connectivity index (χ3v) is 8.77. The Hall–Kier alpha value is -4.12. The molecule has 1 aliphatic rings. The number of halogens is 2. The first-order chi connectivity index (χ1) is 18.3. The molecule has 6 rings (SSSR count). The highest BCUT2D eigenvalue weighted by Crippen LogP contribution is 2.29. The summed E-state index contributed by atoms with van der Waals surface area (Å²) in [7, 11) is -4.59. The largest absolute Gasteiger partial charge is 0.361 e. The summed E-state index contributed by atoms with van der Waals surface area (Å²) in [5.41, 5.74) is 1.20. The van der Waals surface area contributed by atoms with Crippen LogP contribution in [0.5, 0.6) is 0 Å². The van der Waals surface area contributed by atoms with E-state index in [2.05, 4.69) is 20.3 Å². The van der Waals surface area contributed by atoms with Crippen LogP contribution < -0.4 is 10.9 Å². The average molecular weight is 536 g/mol. The molecule has 8 nitrogen and oxygen atoms in total. The lowest BCUT2D eigenvalue weighted by molar-refractivity contribution is 0.453. The Kier molecular flexibility index (Phi) is 5.94. The summed E-state index contributed by atoms with van der Waals surface area (Å²) in [6.07, 6.45) is 7.14. The predicted molar refractivity (Wildman–Crippen MR) is 139 cm³/mol. The van der Waals surface area contributed by atoms with E-state index in [-0.39, 0.29) is 24.1 Å².